The van der Waals surface area contributed by atoms with Crippen LogP contribution >= 0.6 is 0 Å². The molecule has 1 aromatic carbocycles. The van der Waals surface area contributed by atoms with Crippen molar-refractivity contribution in [1.29, 1.82) is 0 Å². The van der Waals surface area contributed by atoms with Gasteiger partial charge in [0, 0.05) is 18.9 Å². The van der Waals surface area contributed by atoms with Gasteiger partial charge < -0.3 is 24.1 Å². The lowest BCUT2D eigenvalue weighted by Crippen LogP contribution is -2.31. The topological polar surface area (TPSA) is 57.2 Å². The summed E-state index contributed by atoms with van der Waals surface area (Å²) in [4.78, 5) is 0. The molecule has 1 saturated heterocycles. The molecule has 5 nitrogen and oxygen atoms in total. The van der Waals surface area contributed by atoms with Gasteiger partial charge in [0.15, 0.2) is 19.2 Å². The Labute approximate surface area is 200 Å². The molecule has 0 amide bonds. The molecule has 34 heavy (non-hydrogen) atoms. The van der Waals surface area contributed by atoms with E-state index in [4.69, 9.17) is 18.9 Å². The summed E-state index contributed by atoms with van der Waals surface area (Å²) in [6.07, 6.45) is 11.3. The number of rotatable bonds is 7. The molecular formula is C27H36F2O5. The molecule has 0 radical (unpaired) electrons. The van der Waals surface area contributed by atoms with E-state index in [0.717, 1.165) is 38.2 Å². The van der Waals surface area contributed by atoms with Gasteiger partial charge >= 0.3 is 0 Å². The van der Waals surface area contributed by atoms with Gasteiger partial charge in [0.05, 0.1) is 12.2 Å². The van der Waals surface area contributed by atoms with Crippen molar-refractivity contribution in [1.82, 2.24) is 0 Å². The summed E-state index contributed by atoms with van der Waals surface area (Å²) < 4.78 is 52.8. The van der Waals surface area contributed by atoms with Crippen LogP contribution in [0.2, 0.25) is 0 Å². The maximum absolute atomic E-state index is 14.7. The number of fused-ring (bicyclic) bond motifs is 1. The van der Waals surface area contributed by atoms with E-state index in [0.29, 0.717) is 31.6 Å². The van der Waals surface area contributed by atoms with Crippen LogP contribution in [0.3, 0.4) is 0 Å². The van der Waals surface area contributed by atoms with E-state index in [-0.39, 0.29) is 30.3 Å². The first-order valence-electron chi connectivity index (χ1n) is 12.5. The Balaban J connectivity index is 1.49. The van der Waals surface area contributed by atoms with Crippen LogP contribution in [0.15, 0.2) is 54.6 Å². The lowest BCUT2D eigenvalue weighted by molar-refractivity contribution is -0.195. The number of hydrogen-bond donors (Lipinski definition) is 1. The second kappa shape index (κ2) is 12.2. The van der Waals surface area contributed by atoms with Crippen LogP contribution in [0.4, 0.5) is 8.78 Å². The smallest absolute Gasteiger partial charge is 0.299 e. The van der Waals surface area contributed by atoms with Gasteiger partial charge in [-0.25, -0.2) is 0 Å². The first-order chi connectivity index (χ1) is 16.5. The molecule has 7 heteroatoms. The van der Waals surface area contributed by atoms with Gasteiger partial charge in [-0.1, -0.05) is 36.4 Å². The number of ether oxygens (including phenoxy) is 4. The van der Waals surface area contributed by atoms with Gasteiger partial charge in [-0.15, -0.1) is 0 Å². The molecule has 1 N–H and O–H groups in total. The van der Waals surface area contributed by atoms with Gasteiger partial charge in [-0.3, -0.25) is 0 Å². The number of aliphatic hydroxyl groups is 1. The van der Waals surface area contributed by atoms with Crippen molar-refractivity contribution in [3.8, 4) is 5.75 Å². The number of hydrogen-bond acceptors (Lipinski definition) is 5. The van der Waals surface area contributed by atoms with Crippen LogP contribution in [-0.2, 0) is 14.2 Å². The molecule has 6 atom stereocenters. The number of para-hydroxylation sites is 1. The average Bonchev–Trinajstić information content (AvgIpc) is 3.15. The van der Waals surface area contributed by atoms with Crippen LogP contribution in [0.25, 0.3) is 0 Å². The summed E-state index contributed by atoms with van der Waals surface area (Å²) in [6, 6.07) is 8.62. The third kappa shape index (κ3) is 7.35. The van der Waals surface area contributed by atoms with Crippen LogP contribution < -0.4 is 4.74 Å². The Morgan fingerprint density at radius 2 is 1.94 bits per heavy atom. The Morgan fingerprint density at radius 1 is 1.09 bits per heavy atom. The molecule has 2 aliphatic heterocycles. The van der Waals surface area contributed by atoms with Crippen LogP contribution in [-0.4, -0.2) is 49.0 Å². The summed E-state index contributed by atoms with van der Waals surface area (Å²) in [5.41, 5.74) is 0. The quantitative estimate of drug-likeness (QED) is 0.514. The van der Waals surface area contributed by atoms with Gasteiger partial charge in [0.25, 0.3) is 5.92 Å². The molecule has 1 aliphatic carbocycles. The second-order valence-electron chi connectivity index (χ2n) is 9.44. The molecule has 1 aromatic rings. The molecule has 0 aromatic heterocycles. The number of aliphatic hydroxyl groups excluding tert-OH is 1. The fourth-order valence-corrected chi connectivity index (χ4v) is 5.02. The van der Waals surface area contributed by atoms with E-state index < -0.39 is 18.8 Å². The standard InChI is InChI=1S/C27H36F2O5/c28-27(29,19-32-20-10-4-3-5-11-20)16-15-22-21-12-6-1-2-7-13-25(30)33-23(21)18-24(22)34-26-14-8-9-17-31-26/h1,3-6,10-11,15-16,21-26,30H,2,7-9,12-14,17-19H2/b6-1-,16-15+/t21-,22-,23+,24-,25?,26?/m1/s1. The summed E-state index contributed by atoms with van der Waals surface area (Å²) >= 11 is 0. The number of allylic oxidation sites excluding steroid dienone is 2. The van der Waals surface area contributed by atoms with Crippen molar-refractivity contribution < 1.29 is 32.8 Å². The Bertz CT molecular complexity index is 793. The van der Waals surface area contributed by atoms with Crippen LogP contribution in [0.1, 0.15) is 51.4 Å². The Kier molecular flexibility index (Phi) is 9.11. The minimum atomic E-state index is -3.13. The largest absolute Gasteiger partial charge is 0.487 e. The van der Waals surface area contributed by atoms with Gasteiger partial charge in [0.1, 0.15) is 5.75 Å². The highest BCUT2D eigenvalue weighted by atomic mass is 19.3. The molecule has 2 heterocycles. The van der Waals surface area contributed by atoms with E-state index in [1.807, 2.05) is 6.07 Å². The molecule has 0 bridgehead atoms. The Hall–Kier alpha value is -1.80. The highest BCUT2D eigenvalue weighted by Crippen LogP contribution is 2.42. The highest BCUT2D eigenvalue weighted by Gasteiger charge is 2.45. The average molecular weight is 479 g/mol. The maximum atomic E-state index is 14.7. The Morgan fingerprint density at radius 3 is 2.74 bits per heavy atom. The third-order valence-electron chi connectivity index (χ3n) is 6.80. The minimum absolute atomic E-state index is 0.0697. The van der Waals surface area contributed by atoms with E-state index in [1.54, 1.807) is 30.3 Å². The highest BCUT2D eigenvalue weighted by molar-refractivity contribution is 5.21. The molecule has 2 unspecified atom stereocenters. The zero-order valence-corrected chi connectivity index (χ0v) is 19.6. The van der Waals surface area contributed by atoms with Crippen molar-refractivity contribution in [2.75, 3.05) is 13.2 Å². The van der Waals surface area contributed by atoms with Gasteiger partial charge in [-0.2, -0.15) is 8.78 Å². The van der Waals surface area contributed by atoms with Crippen molar-refractivity contribution in [3.63, 3.8) is 0 Å². The zero-order chi connectivity index (χ0) is 23.8. The van der Waals surface area contributed by atoms with Crippen molar-refractivity contribution in [2.24, 2.45) is 11.8 Å². The summed E-state index contributed by atoms with van der Waals surface area (Å²) in [6.45, 7) is -0.0850. The van der Waals surface area contributed by atoms with Crippen molar-refractivity contribution >= 4 is 0 Å². The summed E-state index contributed by atoms with van der Waals surface area (Å²) in [7, 11) is 0. The maximum Gasteiger partial charge on any atom is 0.299 e. The molecule has 188 valence electrons. The number of halogens is 2. The van der Waals surface area contributed by atoms with Crippen LogP contribution in [0.5, 0.6) is 5.75 Å². The first kappa shape index (κ1) is 25.3. The van der Waals surface area contributed by atoms with E-state index in [9.17, 15) is 13.9 Å². The molecule has 0 spiro atoms. The van der Waals surface area contributed by atoms with E-state index >= 15 is 0 Å². The number of alkyl halides is 2. The minimum Gasteiger partial charge on any atom is -0.487 e. The summed E-state index contributed by atoms with van der Waals surface area (Å²) in [5.74, 6) is -3.08. The number of benzene rings is 1. The van der Waals surface area contributed by atoms with Gasteiger partial charge in [0.2, 0.25) is 0 Å². The normalized spacial score (nSPS) is 34.0. The SMILES string of the molecule is OC1CCC/C=C\C[C@@H]2[C@@H](/C=C/C(F)(F)COc3ccccc3)[C@H](OC3CCCCO3)C[C@@H]2O1. The fourth-order valence-electron chi connectivity index (χ4n) is 5.02. The van der Waals surface area contributed by atoms with E-state index in [2.05, 4.69) is 12.2 Å². The van der Waals surface area contributed by atoms with E-state index in [1.165, 1.54) is 0 Å². The van der Waals surface area contributed by atoms with Gasteiger partial charge in [-0.05, 0) is 69.1 Å². The summed E-state index contributed by atoms with van der Waals surface area (Å²) in [5, 5.41) is 10.3. The molecule has 3 aliphatic rings. The third-order valence-corrected chi connectivity index (χ3v) is 6.80. The molecule has 2 fully saturated rings. The molecule has 4 rings (SSSR count). The fraction of sp³-hybridized carbons (Fsp3) is 0.630. The second-order valence-corrected chi connectivity index (χ2v) is 9.44. The lowest BCUT2D eigenvalue weighted by atomic mass is 9.89. The predicted octanol–water partition coefficient (Wildman–Crippen LogP) is 5.64. The molecule has 1 saturated carbocycles. The monoisotopic (exact) mass is 478 g/mol. The van der Waals surface area contributed by atoms with Crippen molar-refractivity contribution in [2.45, 2.75) is 82.1 Å². The van der Waals surface area contributed by atoms with Crippen molar-refractivity contribution in [3.05, 3.63) is 54.6 Å². The first-order valence-corrected chi connectivity index (χ1v) is 12.5. The predicted molar refractivity (Wildman–Crippen MR) is 125 cm³/mol. The van der Waals surface area contributed by atoms with Crippen LogP contribution in [0, 0.1) is 11.8 Å². The molecular weight excluding hydrogens is 442 g/mol. The zero-order valence-electron chi connectivity index (χ0n) is 19.6. The lowest BCUT2D eigenvalue weighted by Gasteiger charge is -2.29.